The number of carbonyl (C=O) groups excluding carboxylic acids is 2. The van der Waals surface area contributed by atoms with Crippen LogP contribution in [-0.2, 0) is 16.1 Å². The van der Waals surface area contributed by atoms with Gasteiger partial charge >= 0.3 is 12.1 Å². The van der Waals surface area contributed by atoms with Gasteiger partial charge < -0.3 is 30.1 Å². The second-order valence-electron chi connectivity index (χ2n) is 7.42. The summed E-state index contributed by atoms with van der Waals surface area (Å²) in [7, 11) is 0. The molecule has 10 nitrogen and oxygen atoms in total. The average molecular weight is 451 g/mol. The van der Waals surface area contributed by atoms with E-state index in [0.717, 1.165) is 28.5 Å². The molecule has 4 N–H and O–H groups in total. The van der Waals surface area contributed by atoms with Crippen molar-refractivity contribution in [1.82, 2.24) is 15.8 Å². The lowest BCUT2D eigenvalue weighted by atomic mass is 9.98. The van der Waals surface area contributed by atoms with Crippen molar-refractivity contribution in [1.29, 1.82) is 0 Å². The van der Waals surface area contributed by atoms with Gasteiger partial charge in [0.1, 0.15) is 24.1 Å². The molecule has 0 fully saturated rings. The van der Waals surface area contributed by atoms with Gasteiger partial charge in [-0.05, 0) is 22.3 Å². The molecule has 0 saturated carbocycles. The van der Waals surface area contributed by atoms with Crippen LogP contribution in [0.5, 0.6) is 0 Å². The van der Waals surface area contributed by atoms with Gasteiger partial charge in [-0.3, -0.25) is 4.79 Å². The lowest BCUT2D eigenvalue weighted by Crippen LogP contribution is -2.37. The molecule has 0 spiro atoms. The number of benzene rings is 2. The molecular formula is C23H21N3O7. The first kappa shape index (κ1) is 22.0. The molecule has 4 rings (SSSR count). The smallest absolute Gasteiger partial charge is 0.407 e. The number of nitrogens with zero attached hydrogens (tertiary/aromatic N) is 1. The van der Waals surface area contributed by atoms with Crippen LogP contribution >= 0.6 is 0 Å². The van der Waals surface area contributed by atoms with E-state index >= 15 is 0 Å². The van der Waals surface area contributed by atoms with E-state index in [0.29, 0.717) is 0 Å². The van der Waals surface area contributed by atoms with E-state index in [-0.39, 0.29) is 30.3 Å². The molecule has 1 aromatic heterocycles. The number of aliphatic hydroxyl groups excluding tert-OH is 1. The van der Waals surface area contributed by atoms with Crippen LogP contribution in [0.1, 0.15) is 33.1 Å². The Morgan fingerprint density at radius 1 is 1.03 bits per heavy atom. The van der Waals surface area contributed by atoms with Gasteiger partial charge in [-0.2, -0.15) is 0 Å². The summed E-state index contributed by atoms with van der Waals surface area (Å²) in [5.74, 6) is -2.24. The summed E-state index contributed by atoms with van der Waals surface area (Å²) < 4.78 is 10.2. The Morgan fingerprint density at radius 3 is 2.30 bits per heavy atom. The number of carbonyl (C=O) groups is 3. The maximum absolute atomic E-state index is 12.3. The summed E-state index contributed by atoms with van der Waals surface area (Å²) >= 11 is 0. The maximum Gasteiger partial charge on any atom is 0.407 e. The fourth-order valence-corrected chi connectivity index (χ4v) is 3.75. The normalized spacial score (nSPS) is 13.0. The highest BCUT2D eigenvalue weighted by Gasteiger charge is 2.29. The van der Waals surface area contributed by atoms with Crippen LogP contribution in [0.3, 0.4) is 0 Å². The van der Waals surface area contributed by atoms with Crippen LogP contribution in [0.4, 0.5) is 4.79 Å². The van der Waals surface area contributed by atoms with Gasteiger partial charge in [0.05, 0.1) is 13.1 Å². The SMILES string of the molecule is O=C(NCc1nocc1C(=O)NCC(O)C(=O)O)OCC1c2ccccc2-c2ccccc21. The first-order valence-electron chi connectivity index (χ1n) is 10.2. The van der Waals surface area contributed by atoms with Crippen molar-refractivity contribution in [3.8, 4) is 11.1 Å². The summed E-state index contributed by atoms with van der Waals surface area (Å²) in [5.41, 5.74) is 4.55. The van der Waals surface area contributed by atoms with Crippen molar-refractivity contribution in [3.63, 3.8) is 0 Å². The summed E-state index contributed by atoms with van der Waals surface area (Å²) in [6.45, 7) is -0.491. The number of fused-ring (bicyclic) bond motifs is 3. The van der Waals surface area contributed by atoms with Gasteiger partial charge in [-0.1, -0.05) is 53.7 Å². The molecule has 0 radical (unpaired) electrons. The Labute approximate surface area is 188 Å². The number of aromatic nitrogens is 1. The van der Waals surface area contributed by atoms with Crippen LogP contribution in [-0.4, -0.2) is 52.6 Å². The first-order valence-corrected chi connectivity index (χ1v) is 10.2. The van der Waals surface area contributed by atoms with Crippen LogP contribution in [0.2, 0.25) is 0 Å². The van der Waals surface area contributed by atoms with Crippen molar-refractivity contribution in [2.75, 3.05) is 13.2 Å². The number of alkyl carbamates (subject to hydrolysis) is 1. The second-order valence-corrected chi connectivity index (χ2v) is 7.42. The molecule has 0 aliphatic heterocycles. The first-order chi connectivity index (χ1) is 16.0. The number of hydrogen-bond acceptors (Lipinski definition) is 7. The van der Waals surface area contributed by atoms with Gasteiger partial charge in [0.2, 0.25) is 0 Å². The lowest BCUT2D eigenvalue weighted by molar-refractivity contribution is -0.146. The predicted octanol–water partition coefficient (Wildman–Crippen LogP) is 1.89. The topological polar surface area (TPSA) is 151 Å². The third-order valence-electron chi connectivity index (χ3n) is 5.37. The van der Waals surface area contributed by atoms with Crippen LogP contribution in [0.25, 0.3) is 11.1 Å². The Kier molecular flexibility index (Phi) is 6.36. The third kappa shape index (κ3) is 4.70. The number of hydrogen-bond donors (Lipinski definition) is 4. The monoisotopic (exact) mass is 451 g/mol. The maximum atomic E-state index is 12.3. The molecule has 2 amide bonds. The molecule has 10 heteroatoms. The predicted molar refractivity (Wildman–Crippen MR) is 114 cm³/mol. The van der Waals surface area contributed by atoms with Gasteiger partial charge in [-0.15, -0.1) is 0 Å². The van der Waals surface area contributed by atoms with E-state index in [1.54, 1.807) is 0 Å². The molecule has 1 heterocycles. The zero-order valence-electron chi connectivity index (χ0n) is 17.4. The number of carboxylic acids is 1. The van der Waals surface area contributed by atoms with Crippen LogP contribution in [0, 0.1) is 0 Å². The van der Waals surface area contributed by atoms with E-state index in [1.807, 2.05) is 48.5 Å². The van der Waals surface area contributed by atoms with Crippen LogP contribution in [0.15, 0.2) is 59.3 Å². The zero-order chi connectivity index (χ0) is 23.4. The minimum atomic E-state index is -1.74. The van der Waals surface area contributed by atoms with Crippen molar-refractivity contribution in [2.45, 2.75) is 18.6 Å². The van der Waals surface area contributed by atoms with Crippen molar-refractivity contribution < 1.29 is 33.9 Å². The third-order valence-corrected chi connectivity index (χ3v) is 5.37. The Hall–Kier alpha value is -4.18. The number of carboxylic acid groups (broad SMARTS) is 1. The van der Waals surface area contributed by atoms with E-state index in [4.69, 9.17) is 14.4 Å². The lowest BCUT2D eigenvalue weighted by Gasteiger charge is -2.14. The number of aliphatic hydroxyl groups is 1. The minimum Gasteiger partial charge on any atom is -0.479 e. The summed E-state index contributed by atoms with van der Waals surface area (Å²) in [4.78, 5) is 35.1. The Morgan fingerprint density at radius 2 is 1.67 bits per heavy atom. The molecular weight excluding hydrogens is 430 g/mol. The van der Waals surface area contributed by atoms with E-state index < -0.39 is 30.6 Å². The Balaban J connectivity index is 1.33. The molecule has 33 heavy (non-hydrogen) atoms. The quantitative estimate of drug-likeness (QED) is 0.405. The fraction of sp³-hybridized carbons (Fsp3) is 0.217. The Bertz CT molecular complexity index is 1140. The molecule has 2 aromatic carbocycles. The molecule has 1 aliphatic rings. The van der Waals surface area contributed by atoms with Gasteiger partial charge in [0.25, 0.3) is 5.91 Å². The van der Waals surface area contributed by atoms with Crippen molar-refractivity contribution in [2.24, 2.45) is 0 Å². The summed E-state index contributed by atoms with van der Waals surface area (Å²) in [6, 6.07) is 16.0. The highest BCUT2D eigenvalue weighted by atomic mass is 16.5. The summed E-state index contributed by atoms with van der Waals surface area (Å²) in [6.07, 6.45) is -1.36. The number of amides is 2. The molecule has 0 bridgehead atoms. The molecule has 1 atom stereocenters. The molecule has 3 aromatic rings. The molecule has 0 saturated heterocycles. The van der Waals surface area contributed by atoms with Crippen molar-refractivity contribution in [3.05, 3.63) is 77.2 Å². The second kappa shape index (κ2) is 9.53. The van der Waals surface area contributed by atoms with E-state index in [2.05, 4.69) is 15.8 Å². The number of rotatable bonds is 8. The fourth-order valence-electron chi connectivity index (χ4n) is 3.75. The highest BCUT2D eigenvalue weighted by Crippen LogP contribution is 2.44. The number of nitrogens with one attached hydrogen (secondary N) is 2. The molecule has 170 valence electrons. The molecule has 1 aliphatic carbocycles. The minimum absolute atomic E-state index is 0.00605. The van der Waals surface area contributed by atoms with Gasteiger partial charge in [0.15, 0.2) is 6.10 Å². The van der Waals surface area contributed by atoms with E-state index in [9.17, 15) is 19.5 Å². The average Bonchev–Trinajstić information content (AvgIpc) is 3.42. The highest BCUT2D eigenvalue weighted by molar-refractivity contribution is 5.95. The largest absolute Gasteiger partial charge is 0.479 e. The van der Waals surface area contributed by atoms with Crippen LogP contribution < -0.4 is 10.6 Å². The van der Waals surface area contributed by atoms with Crippen molar-refractivity contribution >= 4 is 18.0 Å². The van der Waals surface area contributed by atoms with Gasteiger partial charge in [0, 0.05) is 5.92 Å². The standard InChI is InChI=1S/C23H21N3O7/c27-20(22(29)30)10-24-21(28)18-12-33-26-19(18)9-25-23(31)32-11-17-15-7-3-1-5-13(15)14-6-2-4-8-16(14)17/h1-8,12,17,20,27H,9-11H2,(H,24,28)(H,25,31)(H,29,30). The zero-order valence-corrected chi connectivity index (χ0v) is 17.4. The number of ether oxygens (including phenoxy) is 1. The summed E-state index contributed by atoms with van der Waals surface area (Å²) in [5, 5.41) is 26.4. The van der Waals surface area contributed by atoms with Gasteiger partial charge in [-0.25, -0.2) is 9.59 Å². The number of aliphatic carboxylic acids is 1. The van der Waals surface area contributed by atoms with E-state index in [1.165, 1.54) is 0 Å². The molecule has 1 unspecified atom stereocenters.